The number of carbonyl (C=O) groups excluding carboxylic acids is 2. The third-order valence-electron chi connectivity index (χ3n) is 3.37. The first kappa shape index (κ1) is 9.28. The van der Waals surface area contributed by atoms with Crippen molar-refractivity contribution in [1.29, 1.82) is 0 Å². The molecule has 2 aromatic carbocycles. The van der Waals surface area contributed by atoms with Gasteiger partial charge in [0.05, 0.1) is 11.8 Å². The molecule has 0 saturated carbocycles. The number of hydrogen-bond acceptors (Lipinski definition) is 2. The second kappa shape index (κ2) is 3.27. The lowest BCUT2D eigenvalue weighted by Gasteiger charge is -2.08. The Morgan fingerprint density at radius 1 is 0.812 bits per heavy atom. The minimum absolute atomic E-state index is 0.307. The van der Waals surface area contributed by atoms with E-state index in [4.69, 9.17) is 0 Å². The standard InChI is InChI=1S/C14H10O2/c15-7-12-10-5-1-3-9-4-2-6-11(14(9)10)13(12)8-16/h1-8,12-13H. The van der Waals surface area contributed by atoms with Crippen LogP contribution >= 0.6 is 0 Å². The summed E-state index contributed by atoms with van der Waals surface area (Å²) in [6.07, 6.45) is 1.77. The van der Waals surface area contributed by atoms with Crippen molar-refractivity contribution in [3.05, 3.63) is 47.5 Å². The highest BCUT2D eigenvalue weighted by atomic mass is 16.1. The van der Waals surface area contributed by atoms with Gasteiger partial charge in [-0.25, -0.2) is 0 Å². The summed E-state index contributed by atoms with van der Waals surface area (Å²) in [4.78, 5) is 22.3. The molecule has 2 heteroatoms. The van der Waals surface area contributed by atoms with Gasteiger partial charge in [-0.15, -0.1) is 0 Å². The molecular weight excluding hydrogens is 200 g/mol. The molecule has 0 aromatic heterocycles. The van der Waals surface area contributed by atoms with E-state index < -0.39 is 0 Å². The molecule has 2 atom stereocenters. The predicted molar refractivity (Wildman–Crippen MR) is 61.6 cm³/mol. The van der Waals surface area contributed by atoms with Crippen molar-refractivity contribution in [2.24, 2.45) is 0 Å². The van der Waals surface area contributed by atoms with Gasteiger partial charge in [0.2, 0.25) is 0 Å². The molecule has 2 unspecified atom stereocenters. The van der Waals surface area contributed by atoms with E-state index in [2.05, 4.69) is 0 Å². The molecule has 0 spiro atoms. The number of rotatable bonds is 2. The molecule has 0 N–H and O–H groups in total. The van der Waals surface area contributed by atoms with E-state index in [1.807, 2.05) is 36.4 Å². The highest BCUT2D eigenvalue weighted by Crippen LogP contribution is 2.44. The maximum absolute atomic E-state index is 11.1. The molecule has 0 aliphatic heterocycles. The summed E-state index contributed by atoms with van der Waals surface area (Å²) in [5, 5.41) is 2.19. The van der Waals surface area contributed by atoms with Crippen LogP contribution in [0.5, 0.6) is 0 Å². The number of hydrogen-bond donors (Lipinski definition) is 0. The van der Waals surface area contributed by atoms with Crippen molar-refractivity contribution in [1.82, 2.24) is 0 Å². The molecular formula is C14H10O2. The second-order valence-electron chi connectivity index (χ2n) is 4.12. The molecule has 1 aliphatic carbocycles. The van der Waals surface area contributed by atoms with Crippen molar-refractivity contribution in [3.63, 3.8) is 0 Å². The molecule has 0 saturated heterocycles. The van der Waals surface area contributed by atoms with E-state index in [1.54, 1.807) is 0 Å². The van der Waals surface area contributed by atoms with Gasteiger partial charge < -0.3 is 9.59 Å². The highest BCUT2D eigenvalue weighted by molar-refractivity contribution is 5.99. The van der Waals surface area contributed by atoms with Gasteiger partial charge >= 0.3 is 0 Å². The average Bonchev–Trinajstić information content (AvgIpc) is 2.65. The molecule has 0 amide bonds. The fourth-order valence-electron chi connectivity index (χ4n) is 2.66. The van der Waals surface area contributed by atoms with Crippen molar-refractivity contribution < 1.29 is 9.59 Å². The van der Waals surface area contributed by atoms with Crippen molar-refractivity contribution in [2.45, 2.75) is 11.8 Å². The molecule has 0 fully saturated rings. The lowest BCUT2D eigenvalue weighted by molar-refractivity contribution is -0.114. The van der Waals surface area contributed by atoms with E-state index in [-0.39, 0.29) is 11.8 Å². The van der Waals surface area contributed by atoms with Crippen LogP contribution in [0.2, 0.25) is 0 Å². The molecule has 2 nitrogen and oxygen atoms in total. The molecule has 2 aromatic rings. The topological polar surface area (TPSA) is 34.1 Å². The number of carbonyl (C=O) groups is 2. The first-order valence-electron chi connectivity index (χ1n) is 5.29. The van der Waals surface area contributed by atoms with E-state index in [0.717, 1.165) is 34.5 Å². The summed E-state index contributed by atoms with van der Waals surface area (Å²) in [6.45, 7) is 0. The first-order chi connectivity index (χ1) is 7.86. The van der Waals surface area contributed by atoms with E-state index >= 15 is 0 Å². The Kier molecular flexibility index (Phi) is 1.90. The van der Waals surface area contributed by atoms with Crippen LogP contribution in [-0.2, 0) is 9.59 Å². The Morgan fingerprint density at radius 3 is 1.75 bits per heavy atom. The second-order valence-corrected chi connectivity index (χ2v) is 4.12. The third kappa shape index (κ3) is 1.01. The zero-order chi connectivity index (χ0) is 11.1. The summed E-state index contributed by atoms with van der Waals surface area (Å²) in [5.74, 6) is -0.614. The Labute approximate surface area is 92.9 Å². The van der Waals surface area contributed by atoms with Crippen LogP contribution in [-0.4, -0.2) is 12.6 Å². The van der Waals surface area contributed by atoms with Crippen LogP contribution in [0.15, 0.2) is 36.4 Å². The number of benzene rings is 2. The van der Waals surface area contributed by atoms with Gasteiger partial charge in [-0.2, -0.15) is 0 Å². The summed E-state index contributed by atoms with van der Waals surface area (Å²) >= 11 is 0. The molecule has 0 heterocycles. The monoisotopic (exact) mass is 210 g/mol. The lowest BCUT2D eigenvalue weighted by atomic mass is 9.92. The summed E-state index contributed by atoms with van der Waals surface area (Å²) in [5.41, 5.74) is 1.97. The SMILES string of the molecule is O=CC1c2cccc3cccc(c23)C1C=O. The molecule has 0 bridgehead atoms. The van der Waals surface area contributed by atoms with Gasteiger partial charge in [-0.3, -0.25) is 0 Å². The van der Waals surface area contributed by atoms with Crippen LogP contribution in [0.1, 0.15) is 23.0 Å². The Bertz CT molecular complexity index is 538. The predicted octanol–water partition coefficient (Wildman–Crippen LogP) is 2.42. The van der Waals surface area contributed by atoms with Crippen molar-refractivity contribution >= 4 is 23.3 Å². The quantitative estimate of drug-likeness (QED) is 0.713. The minimum atomic E-state index is -0.307. The van der Waals surface area contributed by atoms with Crippen LogP contribution in [0.25, 0.3) is 10.8 Å². The van der Waals surface area contributed by atoms with E-state index in [9.17, 15) is 9.59 Å². The van der Waals surface area contributed by atoms with Gasteiger partial charge in [0, 0.05) is 0 Å². The maximum Gasteiger partial charge on any atom is 0.128 e. The van der Waals surface area contributed by atoms with Gasteiger partial charge in [0.1, 0.15) is 12.6 Å². The Morgan fingerprint density at radius 2 is 1.31 bits per heavy atom. The Balaban J connectivity index is 2.42. The summed E-state index contributed by atoms with van der Waals surface area (Å²) < 4.78 is 0. The zero-order valence-corrected chi connectivity index (χ0v) is 8.59. The zero-order valence-electron chi connectivity index (χ0n) is 8.59. The van der Waals surface area contributed by atoms with Gasteiger partial charge in [0.25, 0.3) is 0 Å². The largest absolute Gasteiger partial charge is 0.303 e. The normalized spacial score (nSPS) is 22.2. The number of aldehydes is 2. The molecule has 16 heavy (non-hydrogen) atoms. The molecule has 3 rings (SSSR count). The first-order valence-corrected chi connectivity index (χ1v) is 5.29. The lowest BCUT2D eigenvalue weighted by Crippen LogP contribution is -2.07. The van der Waals surface area contributed by atoms with Gasteiger partial charge in [0.15, 0.2) is 0 Å². The van der Waals surface area contributed by atoms with Crippen molar-refractivity contribution in [2.75, 3.05) is 0 Å². The average molecular weight is 210 g/mol. The molecule has 78 valence electrons. The third-order valence-corrected chi connectivity index (χ3v) is 3.37. The Hall–Kier alpha value is -1.96. The van der Waals surface area contributed by atoms with Crippen LogP contribution in [0, 0.1) is 0 Å². The summed E-state index contributed by atoms with van der Waals surface area (Å²) in [7, 11) is 0. The fraction of sp³-hybridized carbons (Fsp3) is 0.143. The maximum atomic E-state index is 11.1. The van der Waals surface area contributed by atoms with Crippen LogP contribution in [0.4, 0.5) is 0 Å². The summed E-state index contributed by atoms with van der Waals surface area (Å²) in [6, 6.07) is 11.8. The fourth-order valence-corrected chi connectivity index (χ4v) is 2.66. The minimum Gasteiger partial charge on any atom is -0.303 e. The molecule has 0 radical (unpaired) electrons. The van der Waals surface area contributed by atoms with Gasteiger partial charge in [-0.1, -0.05) is 36.4 Å². The van der Waals surface area contributed by atoms with E-state index in [0.29, 0.717) is 0 Å². The van der Waals surface area contributed by atoms with Crippen LogP contribution < -0.4 is 0 Å². The highest BCUT2D eigenvalue weighted by Gasteiger charge is 2.33. The van der Waals surface area contributed by atoms with E-state index in [1.165, 1.54) is 0 Å². The van der Waals surface area contributed by atoms with Crippen LogP contribution in [0.3, 0.4) is 0 Å². The van der Waals surface area contributed by atoms with Gasteiger partial charge in [-0.05, 0) is 21.9 Å². The van der Waals surface area contributed by atoms with Crippen molar-refractivity contribution in [3.8, 4) is 0 Å². The molecule has 1 aliphatic rings. The smallest absolute Gasteiger partial charge is 0.128 e.